The molecule has 0 aliphatic rings. The van der Waals surface area contributed by atoms with Crippen molar-refractivity contribution < 1.29 is 0 Å². The zero-order chi connectivity index (χ0) is 8.59. The van der Waals surface area contributed by atoms with E-state index in [0.717, 1.165) is 21.4 Å². The summed E-state index contributed by atoms with van der Waals surface area (Å²) in [6.07, 6.45) is 0. The highest BCUT2D eigenvalue weighted by Gasteiger charge is 2.11. The van der Waals surface area contributed by atoms with E-state index in [1.54, 1.807) is 0 Å². The molecule has 1 heterocycles. The second kappa shape index (κ2) is 2.71. The first-order valence-electron chi connectivity index (χ1n) is 3.31. The number of nitriles is 1. The molecule has 11 heavy (non-hydrogen) atoms. The minimum atomic E-state index is 0.741. The van der Waals surface area contributed by atoms with Gasteiger partial charge in [0.15, 0.2) is 0 Å². The van der Waals surface area contributed by atoms with Crippen LogP contribution in [0.15, 0.2) is 4.47 Å². The van der Waals surface area contributed by atoms with Crippen molar-refractivity contribution in [1.82, 2.24) is 4.57 Å². The van der Waals surface area contributed by atoms with E-state index in [4.69, 9.17) is 5.26 Å². The smallest absolute Gasteiger partial charge is 0.102 e. The van der Waals surface area contributed by atoms with Crippen molar-refractivity contribution in [2.24, 2.45) is 7.05 Å². The molecule has 1 aromatic rings. The molecule has 1 rings (SSSR count). The van der Waals surface area contributed by atoms with Crippen LogP contribution in [0.5, 0.6) is 0 Å². The first-order valence-corrected chi connectivity index (χ1v) is 4.10. The summed E-state index contributed by atoms with van der Waals surface area (Å²) in [5, 5.41) is 8.74. The summed E-state index contributed by atoms with van der Waals surface area (Å²) in [6.45, 7) is 3.92. The molecule has 0 bridgehead atoms. The molecule has 0 aromatic carbocycles. The largest absolute Gasteiger partial charge is 0.350 e. The summed E-state index contributed by atoms with van der Waals surface area (Å²) in [4.78, 5) is 0. The Balaban J connectivity index is 3.51. The molecule has 2 nitrogen and oxygen atoms in total. The lowest BCUT2D eigenvalue weighted by molar-refractivity contribution is 0.841. The Morgan fingerprint density at radius 3 is 2.09 bits per heavy atom. The highest BCUT2D eigenvalue weighted by molar-refractivity contribution is 9.10. The Morgan fingerprint density at radius 1 is 1.36 bits per heavy atom. The van der Waals surface area contributed by atoms with Gasteiger partial charge in [0.2, 0.25) is 0 Å². The molecule has 0 saturated carbocycles. The van der Waals surface area contributed by atoms with E-state index >= 15 is 0 Å². The summed E-state index contributed by atoms with van der Waals surface area (Å²) in [5.41, 5.74) is 2.85. The Hall–Kier alpha value is -0.750. The normalized spacial score (nSPS) is 9.73. The maximum absolute atomic E-state index is 8.74. The predicted molar refractivity (Wildman–Crippen MR) is 47.3 cm³/mol. The molecule has 1 aromatic heterocycles. The van der Waals surface area contributed by atoms with Gasteiger partial charge in [0.25, 0.3) is 0 Å². The minimum Gasteiger partial charge on any atom is -0.350 e. The fourth-order valence-corrected chi connectivity index (χ4v) is 1.68. The molecule has 0 atom stereocenters. The van der Waals surface area contributed by atoms with Crippen molar-refractivity contribution in [2.75, 3.05) is 0 Å². The van der Waals surface area contributed by atoms with Crippen LogP contribution in [0.3, 0.4) is 0 Å². The molecule has 0 amide bonds. The first-order chi connectivity index (χ1) is 5.09. The van der Waals surface area contributed by atoms with Gasteiger partial charge >= 0.3 is 0 Å². The standard InChI is InChI=1S/C8H9BrN2/c1-5-7(4-10)8(9)6(2)11(5)3/h1-3H3. The van der Waals surface area contributed by atoms with Gasteiger partial charge < -0.3 is 4.57 Å². The topological polar surface area (TPSA) is 28.7 Å². The van der Waals surface area contributed by atoms with Gasteiger partial charge in [-0.15, -0.1) is 0 Å². The summed E-state index contributed by atoms with van der Waals surface area (Å²) >= 11 is 3.37. The van der Waals surface area contributed by atoms with Gasteiger partial charge in [0.1, 0.15) is 6.07 Å². The first kappa shape index (κ1) is 8.35. The summed E-state index contributed by atoms with van der Waals surface area (Å²) < 4.78 is 2.92. The fraction of sp³-hybridized carbons (Fsp3) is 0.375. The van der Waals surface area contributed by atoms with E-state index in [9.17, 15) is 0 Å². The van der Waals surface area contributed by atoms with Crippen LogP contribution in [0.1, 0.15) is 17.0 Å². The molecule has 0 spiro atoms. The number of rotatable bonds is 0. The number of aromatic nitrogens is 1. The van der Waals surface area contributed by atoms with Crippen LogP contribution in [-0.4, -0.2) is 4.57 Å². The zero-order valence-corrected chi connectivity index (χ0v) is 8.36. The van der Waals surface area contributed by atoms with Crippen LogP contribution < -0.4 is 0 Å². The van der Waals surface area contributed by atoms with Gasteiger partial charge in [-0.3, -0.25) is 0 Å². The SMILES string of the molecule is Cc1c(Br)c(C#N)c(C)n1C. The number of nitrogens with zero attached hydrogens (tertiary/aromatic N) is 2. The van der Waals surface area contributed by atoms with Crippen molar-refractivity contribution in [3.8, 4) is 6.07 Å². The number of hydrogen-bond donors (Lipinski definition) is 0. The summed E-state index contributed by atoms with van der Waals surface area (Å²) in [5.74, 6) is 0. The second-order valence-electron chi connectivity index (χ2n) is 2.53. The van der Waals surface area contributed by atoms with Crippen LogP contribution in [0, 0.1) is 25.2 Å². The summed E-state index contributed by atoms with van der Waals surface area (Å²) in [7, 11) is 1.95. The Labute approximate surface area is 74.6 Å². The third kappa shape index (κ3) is 1.08. The third-order valence-electron chi connectivity index (χ3n) is 2.02. The number of hydrogen-bond acceptors (Lipinski definition) is 1. The van der Waals surface area contributed by atoms with E-state index in [2.05, 4.69) is 22.0 Å². The monoisotopic (exact) mass is 212 g/mol. The highest BCUT2D eigenvalue weighted by atomic mass is 79.9. The molecule has 0 saturated heterocycles. The van der Waals surface area contributed by atoms with Crippen LogP contribution in [0.25, 0.3) is 0 Å². The average molecular weight is 213 g/mol. The van der Waals surface area contributed by atoms with Crippen molar-refractivity contribution in [3.05, 3.63) is 21.4 Å². The van der Waals surface area contributed by atoms with Crippen LogP contribution in [0.2, 0.25) is 0 Å². The zero-order valence-electron chi connectivity index (χ0n) is 6.77. The molecule has 3 heteroatoms. The van der Waals surface area contributed by atoms with Gasteiger partial charge in [-0.25, -0.2) is 0 Å². The molecule has 0 N–H and O–H groups in total. The maximum atomic E-state index is 8.74. The predicted octanol–water partition coefficient (Wildman–Crippen LogP) is 2.28. The van der Waals surface area contributed by atoms with Gasteiger partial charge in [-0.05, 0) is 29.8 Å². The van der Waals surface area contributed by atoms with Gasteiger partial charge in [-0.2, -0.15) is 5.26 Å². The summed E-state index contributed by atoms with van der Waals surface area (Å²) in [6, 6.07) is 2.16. The molecule has 0 aliphatic carbocycles. The Morgan fingerprint density at radius 2 is 1.91 bits per heavy atom. The molecular weight excluding hydrogens is 204 g/mol. The Bertz CT molecular complexity index is 305. The van der Waals surface area contributed by atoms with Crippen molar-refractivity contribution in [1.29, 1.82) is 5.26 Å². The Kier molecular flexibility index (Phi) is 2.05. The van der Waals surface area contributed by atoms with Crippen molar-refractivity contribution in [2.45, 2.75) is 13.8 Å². The molecule has 58 valence electrons. The van der Waals surface area contributed by atoms with Gasteiger partial charge in [0, 0.05) is 18.4 Å². The lowest BCUT2D eigenvalue weighted by atomic mass is 10.3. The number of halogens is 1. The average Bonchev–Trinajstić information content (AvgIpc) is 2.17. The van der Waals surface area contributed by atoms with Crippen LogP contribution in [0.4, 0.5) is 0 Å². The van der Waals surface area contributed by atoms with Crippen LogP contribution >= 0.6 is 15.9 Å². The van der Waals surface area contributed by atoms with E-state index < -0.39 is 0 Å². The van der Waals surface area contributed by atoms with E-state index in [1.807, 2.05) is 25.5 Å². The maximum Gasteiger partial charge on any atom is 0.102 e. The quantitative estimate of drug-likeness (QED) is 0.649. The molecular formula is C8H9BrN2. The minimum absolute atomic E-state index is 0.741. The lowest BCUT2D eigenvalue weighted by Gasteiger charge is -1.97. The molecule has 0 fully saturated rings. The lowest BCUT2D eigenvalue weighted by Crippen LogP contribution is -1.92. The molecule has 0 unspecified atom stereocenters. The third-order valence-corrected chi connectivity index (χ3v) is 2.99. The van der Waals surface area contributed by atoms with Gasteiger partial charge in [0.05, 0.1) is 10.0 Å². The van der Waals surface area contributed by atoms with E-state index in [-0.39, 0.29) is 0 Å². The van der Waals surface area contributed by atoms with Crippen molar-refractivity contribution >= 4 is 15.9 Å². The highest BCUT2D eigenvalue weighted by Crippen LogP contribution is 2.25. The van der Waals surface area contributed by atoms with Gasteiger partial charge in [-0.1, -0.05) is 0 Å². The fourth-order valence-electron chi connectivity index (χ4n) is 1.04. The van der Waals surface area contributed by atoms with E-state index in [1.165, 1.54) is 0 Å². The van der Waals surface area contributed by atoms with E-state index in [0.29, 0.717) is 0 Å². The van der Waals surface area contributed by atoms with Crippen LogP contribution in [-0.2, 0) is 7.05 Å². The molecule has 0 aliphatic heterocycles. The van der Waals surface area contributed by atoms with Crippen molar-refractivity contribution in [3.63, 3.8) is 0 Å². The second-order valence-corrected chi connectivity index (χ2v) is 3.32. The molecule has 0 radical (unpaired) electrons.